The van der Waals surface area contributed by atoms with E-state index in [0.29, 0.717) is 11.5 Å². The number of rotatable bonds is 3. The highest BCUT2D eigenvalue weighted by molar-refractivity contribution is 5.69. The first-order chi connectivity index (χ1) is 13.1. The van der Waals surface area contributed by atoms with E-state index in [1.54, 1.807) is 0 Å². The van der Waals surface area contributed by atoms with Crippen LogP contribution in [0.25, 0.3) is 11.3 Å². The molecule has 1 aromatic heterocycles. The van der Waals surface area contributed by atoms with Crippen molar-refractivity contribution in [1.29, 1.82) is 5.26 Å². The van der Waals surface area contributed by atoms with Crippen LogP contribution in [0.3, 0.4) is 0 Å². The van der Waals surface area contributed by atoms with Crippen molar-refractivity contribution in [3.63, 3.8) is 0 Å². The van der Waals surface area contributed by atoms with E-state index in [2.05, 4.69) is 47.5 Å². The third-order valence-electron chi connectivity index (χ3n) is 5.15. The van der Waals surface area contributed by atoms with Gasteiger partial charge in [-0.3, -0.25) is 5.10 Å². The Balaban J connectivity index is 1.89. The molecule has 0 fully saturated rings. The predicted octanol–water partition coefficient (Wildman–Crippen LogP) is 4.36. The van der Waals surface area contributed by atoms with Gasteiger partial charge in [0.15, 0.2) is 0 Å². The van der Waals surface area contributed by atoms with E-state index < -0.39 is 0 Å². The number of ether oxygens (including phenoxy) is 1. The van der Waals surface area contributed by atoms with Crippen LogP contribution < -0.4 is 10.5 Å². The van der Waals surface area contributed by atoms with Crippen molar-refractivity contribution >= 4 is 0 Å². The molecule has 3 N–H and O–H groups in total. The van der Waals surface area contributed by atoms with Crippen LogP contribution in [0.1, 0.15) is 35.4 Å². The Hall–Kier alpha value is -3.52. The van der Waals surface area contributed by atoms with Crippen LogP contribution in [0.15, 0.2) is 66.1 Å². The molecule has 0 saturated carbocycles. The van der Waals surface area contributed by atoms with Crippen molar-refractivity contribution in [3.8, 4) is 23.2 Å². The number of nitriles is 1. The van der Waals surface area contributed by atoms with Crippen molar-refractivity contribution in [2.75, 3.05) is 0 Å². The molecule has 5 heteroatoms. The summed E-state index contributed by atoms with van der Waals surface area (Å²) in [4.78, 5) is 0. The van der Waals surface area contributed by atoms with E-state index in [-0.39, 0.29) is 17.7 Å². The van der Waals surface area contributed by atoms with Gasteiger partial charge in [0.1, 0.15) is 6.07 Å². The third-order valence-corrected chi connectivity index (χ3v) is 5.15. The van der Waals surface area contributed by atoms with Crippen molar-refractivity contribution in [2.45, 2.75) is 25.7 Å². The first-order valence-electron chi connectivity index (χ1n) is 8.88. The number of aryl methyl sites for hydroxylation is 1. The molecular weight excluding hydrogens is 336 g/mol. The zero-order chi connectivity index (χ0) is 19.0. The fourth-order valence-electron chi connectivity index (χ4n) is 3.67. The lowest BCUT2D eigenvalue weighted by atomic mass is 9.76. The molecule has 1 aliphatic heterocycles. The molecule has 4 rings (SSSR count). The molecule has 0 amide bonds. The largest absolute Gasteiger partial charge is 0.420 e. The Morgan fingerprint density at radius 2 is 1.85 bits per heavy atom. The van der Waals surface area contributed by atoms with Gasteiger partial charge >= 0.3 is 0 Å². The molecule has 2 aromatic carbocycles. The molecule has 3 aromatic rings. The van der Waals surface area contributed by atoms with Crippen LogP contribution in [0, 0.1) is 18.3 Å². The predicted molar refractivity (Wildman–Crippen MR) is 104 cm³/mol. The van der Waals surface area contributed by atoms with Crippen LogP contribution in [-0.4, -0.2) is 10.2 Å². The second kappa shape index (κ2) is 6.65. The average molecular weight is 356 g/mol. The number of allylic oxidation sites excluding steroid dienone is 1. The topological polar surface area (TPSA) is 87.7 Å². The maximum atomic E-state index is 9.79. The number of nitrogens with zero attached hydrogens (tertiary/aromatic N) is 2. The normalized spacial score (nSPS) is 17.0. The summed E-state index contributed by atoms with van der Waals surface area (Å²) in [6, 6.07) is 20.6. The lowest BCUT2D eigenvalue weighted by Crippen LogP contribution is -2.23. The molecule has 0 spiro atoms. The lowest BCUT2D eigenvalue weighted by Gasteiger charge is -2.28. The van der Waals surface area contributed by atoms with E-state index in [9.17, 15) is 5.26 Å². The van der Waals surface area contributed by atoms with Gasteiger partial charge in [0.2, 0.25) is 11.8 Å². The van der Waals surface area contributed by atoms with Gasteiger partial charge in [0.25, 0.3) is 0 Å². The van der Waals surface area contributed by atoms with E-state index in [4.69, 9.17) is 10.5 Å². The highest BCUT2D eigenvalue weighted by atomic mass is 16.5. The molecule has 0 bridgehead atoms. The second-order valence-electron chi connectivity index (χ2n) is 6.85. The minimum Gasteiger partial charge on any atom is -0.420 e. The Bertz CT molecular complexity index is 1040. The van der Waals surface area contributed by atoms with Gasteiger partial charge in [0.05, 0.1) is 16.8 Å². The Labute approximate surface area is 158 Å². The number of H-pyrrole nitrogens is 1. The zero-order valence-corrected chi connectivity index (χ0v) is 15.2. The molecule has 27 heavy (non-hydrogen) atoms. The highest BCUT2D eigenvalue weighted by Crippen LogP contribution is 2.48. The monoisotopic (exact) mass is 356 g/mol. The number of fused-ring (bicyclic) bond motifs is 1. The van der Waals surface area contributed by atoms with Gasteiger partial charge < -0.3 is 10.5 Å². The molecule has 1 aliphatic rings. The number of aromatic amines is 1. The first-order valence-corrected chi connectivity index (χ1v) is 8.88. The number of hydrogen-bond donors (Lipinski definition) is 2. The molecule has 134 valence electrons. The van der Waals surface area contributed by atoms with E-state index >= 15 is 0 Å². The number of aromatic nitrogens is 2. The third kappa shape index (κ3) is 2.85. The number of benzene rings is 2. The molecule has 2 heterocycles. The molecule has 0 aliphatic carbocycles. The zero-order valence-electron chi connectivity index (χ0n) is 15.2. The number of hydrogen-bond acceptors (Lipinski definition) is 4. The molecule has 0 radical (unpaired) electrons. The summed E-state index contributed by atoms with van der Waals surface area (Å²) in [6.07, 6.45) is 0. The molecule has 0 unspecified atom stereocenters. The number of nitrogens with one attached hydrogen (secondary N) is 1. The van der Waals surface area contributed by atoms with Crippen LogP contribution >= 0.6 is 0 Å². The maximum Gasteiger partial charge on any atom is 0.244 e. The summed E-state index contributed by atoms with van der Waals surface area (Å²) in [5, 5.41) is 17.2. The maximum absolute atomic E-state index is 9.79. The molecule has 2 atom stereocenters. The van der Waals surface area contributed by atoms with Crippen molar-refractivity contribution in [3.05, 3.63) is 82.7 Å². The fourth-order valence-corrected chi connectivity index (χ4v) is 3.67. The SMILES string of the molecule is Cc1ccc(-c2[nH]nc3c2[C@@H]([C@@H](C)c2ccccc2)C(C#N)=C(N)O3)cc1. The quantitative estimate of drug-likeness (QED) is 0.730. The van der Waals surface area contributed by atoms with Crippen LogP contribution in [0.4, 0.5) is 0 Å². The van der Waals surface area contributed by atoms with Gasteiger partial charge in [-0.15, -0.1) is 5.10 Å². The summed E-state index contributed by atoms with van der Waals surface area (Å²) in [7, 11) is 0. The fraction of sp³-hybridized carbons (Fsp3) is 0.182. The van der Waals surface area contributed by atoms with Gasteiger partial charge in [-0.2, -0.15) is 5.26 Å². The van der Waals surface area contributed by atoms with E-state index in [1.165, 1.54) is 5.56 Å². The van der Waals surface area contributed by atoms with Crippen molar-refractivity contribution in [1.82, 2.24) is 10.2 Å². The van der Waals surface area contributed by atoms with Crippen molar-refractivity contribution < 1.29 is 4.74 Å². The minimum atomic E-state index is -0.240. The van der Waals surface area contributed by atoms with Crippen LogP contribution in [-0.2, 0) is 0 Å². The summed E-state index contributed by atoms with van der Waals surface area (Å²) < 4.78 is 5.67. The summed E-state index contributed by atoms with van der Waals surface area (Å²) in [5.41, 5.74) is 11.5. The minimum absolute atomic E-state index is 0.0313. The molecule has 0 saturated heterocycles. The standard InChI is InChI=1S/C22H20N4O/c1-13-8-10-16(11-9-13)20-19-18(14(2)15-6-4-3-5-7-15)17(12-23)21(24)27-22(19)26-25-20/h3-11,14,18H,24H2,1-2H3,(H,25,26)/t14-,18-/m0/s1. The smallest absolute Gasteiger partial charge is 0.244 e. The van der Waals surface area contributed by atoms with Gasteiger partial charge in [-0.25, -0.2) is 0 Å². The Morgan fingerprint density at radius 3 is 2.52 bits per heavy atom. The molecule has 5 nitrogen and oxygen atoms in total. The Morgan fingerprint density at radius 1 is 1.15 bits per heavy atom. The number of nitrogens with two attached hydrogens (primary N) is 1. The van der Waals surface area contributed by atoms with E-state index in [0.717, 1.165) is 22.4 Å². The van der Waals surface area contributed by atoms with Crippen molar-refractivity contribution in [2.24, 2.45) is 5.73 Å². The van der Waals surface area contributed by atoms with E-state index in [1.807, 2.05) is 37.3 Å². The van der Waals surface area contributed by atoms with Crippen LogP contribution in [0.2, 0.25) is 0 Å². The molecular formula is C22H20N4O. The first kappa shape index (κ1) is 16.9. The highest BCUT2D eigenvalue weighted by Gasteiger charge is 2.38. The van der Waals surface area contributed by atoms with Gasteiger partial charge in [-0.1, -0.05) is 67.1 Å². The van der Waals surface area contributed by atoms with Gasteiger partial charge in [-0.05, 0) is 24.0 Å². The summed E-state index contributed by atoms with van der Waals surface area (Å²) in [5.74, 6) is 0.356. The van der Waals surface area contributed by atoms with Gasteiger partial charge in [0, 0.05) is 5.92 Å². The van der Waals surface area contributed by atoms with Crippen LogP contribution in [0.5, 0.6) is 5.88 Å². The summed E-state index contributed by atoms with van der Waals surface area (Å²) >= 11 is 0. The Kier molecular flexibility index (Phi) is 4.17. The average Bonchev–Trinajstić information content (AvgIpc) is 3.11. The second-order valence-corrected chi connectivity index (χ2v) is 6.85. The lowest BCUT2D eigenvalue weighted by molar-refractivity contribution is 0.368. The summed E-state index contributed by atoms with van der Waals surface area (Å²) in [6.45, 7) is 4.15.